The lowest BCUT2D eigenvalue weighted by Crippen LogP contribution is -2.42. The normalized spacial score (nSPS) is 25.6. The van der Waals surface area contributed by atoms with Crippen molar-refractivity contribution < 1.29 is 4.79 Å². The summed E-state index contributed by atoms with van der Waals surface area (Å²) in [5.41, 5.74) is 5.27. The molecule has 3 N–H and O–H groups in total. The van der Waals surface area contributed by atoms with Gasteiger partial charge in [-0.2, -0.15) is 0 Å². The number of carbonyl (C=O) groups excluding carboxylic acids is 1. The Bertz CT molecular complexity index is 263. The highest BCUT2D eigenvalue weighted by molar-refractivity contribution is 7.80. The first-order valence-corrected chi connectivity index (χ1v) is 5.33. The van der Waals surface area contributed by atoms with E-state index < -0.39 is 0 Å². The molecule has 0 aliphatic heterocycles. The van der Waals surface area contributed by atoms with E-state index >= 15 is 0 Å². The molecule has 0 aromatic rings. The van der Waals surface area contributed by atoms with Crippen LogP contribution in [-0.2, 0) is 4.79 Å². The van der Waals surface area contributed by atoms with Crippen molar-refractivity contribution in [3.63, 3.8) is 0 Å². The summed E-state index contributed by atoms with van der Waals surface area (Å²) in [7, 11) is 0. The predicted octanol–water partition coefficient (Wildman–Crippen LogP) is 1.07. The molecule has 4 heteroatoms. The van der Waals surface area contributed by atoms with Crippen LogP contribution in [0.15, 0.2) is 0 Å². The van der Waals surface area contributed by atoms with Gasteiger partial charge in [-0.05, 0) is 12.3 Å². The van der Waals surface area contributed by atoms with Gasteiger partial charge < -0.3 is 11.1 Å². The van der Waals surface area contributed by atoms with Crippen LogP contribution < -0.4 is 11.1 Å². The van der Waals surface area contributed by atoms with E-state index in [-0.39, 0.29) is 17.2 Å². The second kappa shape index (κ2) is 3.85. The Morgan fingerprint density at radius 2 is 2.14 bits per heavy atom. The molecule has 1 fully saturated rings. The Hall–Kier alpha value is -0.640. The quantitative estimate of drug-likeness (QED) is 0.688. The van der Waals surface area contributed by atoms with Gasteiger partial charge in [-0.3, -0.25) is 4.79 Å². The molecule has 0 saturated heterocycles. The number of hydrogen-bond donors (Lipinski definition) is 2. The average molecular weight is 214 g/mol. The zero-order valence-corrected chi connectivity index (χ0v) is 9.78. The summed E-state index contributed by atoms with van der Waals surface area (Å²) in [6.45, 7) is 6.49. The molecule has 1 aliphatic rings. The highest BCUT2D eigenvalue weighted by Crippen LogP contribution is 2.37. The molecular formula is C10H18N2OS. The van der Waals surface area contributed by atoms with Gasteiger partial charge >= 0.3 is 0 Å². The van der Waals surface area contributed by atoms with Gasteiger partial charge in [0.1, 0.15) is 0 Å². The van der Waals surface area contributed by atoms with Gasteiger partial charge in [-0.25, -0.2) is 0 Å². The van der Waals surface area contributed by atoms with E-state index in [1.807, 2.05) is 13.8 Å². The minimum absolute atomic E-state index is 0.141. The van der Waals surface area contributed by atoms with Crippen LogP contribution >= 0.6 is 12.2 Å². The molecule has 1 aliphatic carbocycles. The summed E-state index contributed by atoms with van der Waals surface area (Å²) in [5, 5.41) is 2.89. The topological polar surface area (TPSA) is 55.1 Å². The van der Waals surface area contributed by atoms with E-state index in [9.17, 15) is 4.79 Å². The number of hydrogen-bond acceptors (Lipinski definition) is 2. The van der Waals surface area contributed by atoms with Crippen LogP contribution in [0, 0.1) is 17.3 Å². The third kappa shape index (κ3) is 2.67. The molecule has 0 aromatic carbocycles. The summed E-state index contributed by atoms with van der Waals surface area (Å²) in [4.78, 5) is 11.9. The Morgan fingerprint density at radius 3 is 2.50 bits per heavy atom. The number of nitrogens with two attached hydrogens (primary N) is 1. The van der Waals surface area contributed by atoms with Crippen LogP contribution in [0.3, 0.4) is 0 Å². The summed E-state index contributed by atoms with van der Waals surface area (Å²) in [6.07, 6.45) is 1.01. The minimum Gasteiger partial charge on any atom is -0.393 e. The Morgan fingerprint density at radius 1 is 1.64 bits per heavy atom. The largest absolute Gasteiger partial charge is 0.393 e. The number of rotatable bonds is 4. The zero-order valence-electron chi connectivity index (χ0n) is 8.96. The van der Waals surface area contributed by atoms with Gasteiger partial charge in [0.05, 0.1) is 4.99 Å². The van der Waals surface area contributed by atoms with Gasteiger partial charge in [0.2, 0.25) is 5.91 Å². The molecule has 2 unspecified atom stereocenters. The van der Waals surface area contributed by atoms with Crippen LogP contribution in [-0.4, -0.2) is 17.4 Å². The Labute approximate surface area is 90.4 Å². The van der Waals surface area contributed by atoms with E-state index in [0.717, 1.165) is 6.42 Å². The van der Waals surface area contributed by atoms with Gasteiger partial charge in [-0.15, -0.1) is 0 Å². The third-order valence-electron chi connectivity index (χ3n) is 2.82. The predicted molar refractivity (Wildman–Crippen MR) is 60.8 cm³/mol. The third-order valence-corrected chi connectivity index (χ3v) is 3.37. The molecule has 0 aromatic heterocycles. The molecule has 0 radical (unpaired) electrons. The van der Waals surface area contributed by atoms with Gasteiger partial charge in [0.15, 0.2) is 0 Å². The molecule has 14 heavy (non-hydrogen) atoms. The number of amides is 1. The fourth-order valence-corrected chi connectivity index (χ4v) is 1.29. The fraction of sp³-hybridized carbons (Fsp3) is 0.800. The van der Waals surface area contributed by atoms with Crippen LogP contribution in [0.4, 0.5) is 0 Å². The molecule has 3 nitrogen and oxygen atoms in total. The molecule has 1 rings (SSSR count). The van der Waals surface area contributed by atoms with Crippen molar-refractivity contribution in [3.05, 3.63) is 0 Å². The lowest BCUT2D eigenvalue weighted by molar-refractivity contribution is -0.122. The maximum Gasteiger partial charge on any atom is 0.223 e. The van der Waals surface area contributed by atoms with Crippen molar-refractivity contribution >= 4 is 23.1 Å². The van der Waals surface area contributed by atoms with Crippen LogP contribution in [0.5, 0.6) is 0 Å². The highest BCUT2D eigenvalue weighted by Gasteiger charge is 2.39. The summed E-state index contributed by atoms with van der Waals surface area (Å²) < 4.78 is 0. The molecule has 0 spiro atoms. The lowest BCUT2D eigenvalue weighted by atomic mass is 9.93. The Balaban J connectivity index is 2.33. The zero-order chi connectivity index (χ0) is 10.9. The van der Waals surface area contributed by atoms with E-state index in [0.29, 0.717) is 17.5 Å². The number of nitrogens with one attached hydrogen (secondary N) is 1. The maximum absolute atomic E-state index is 11.5. The summed E-state index contributed by atoms with van der Waals surface area (Å²) in [6, 6.07) is 0. The summed E-state index contributed by atoms with van der Waals surface area (Å²) in [5.74, 6) is 0.905. The number of thiocarbonyl (C=S) groups is 1. The van der Waals surface area contributed by atoms with Crippen molar-refractivity contribution in [3.8, 4) is 0 Å². The van der Waals surface area contributed by atoms with Crippen LogP contribution in [0.2, 0.25) is 0 Å². The number of carbonyl (C=O) groups is 1. The summed E-state index contributed by atoms with van der Waals surface area (Å²) >= 11 is 4.91. The van der Waals surface area contributed by atoms with Crippen LogP contribution in [0.25, 0.3) is 0 Å². The molecule has 2 atom stereocenters. The SMILES string of the molecule is CC1CC1C(=O)NCC(C)(C)C(N)=S. The van der Waals surface area contributed by atoms with Crippen molar-refractivity contribution in [1.82, 2.24) is 5.32 Å². The second-order valence-electron chi connectivity index (χ2n) is 4.79. The average Bonchev–Trinajstić information content (AvgIpc) is 2.78. The van der Waals surface area contributed by atoms with Crippen LogP contribution in [0.1, 0.15) is 27.2 Å². The van der Waals surface area contributed by atoms with E-state index in [1.165, 1.54) is 0 Å². The van der Waals surface area contributed by atoms with Gasteiger partial charge in [-0.1, -0.05) is 33.0 Å². The van der Waals surface area contributed by atoms with Crippen molar-refractivity contribution in [2.75, 3.05) is 6.54 Å². The minimum atomic E-state index is -0.289. The van der Waals surface area contributed by atoms with Crippen molar-refractivity contribution in [2.45, 2.75) is 27.2 Å². The Kier molecular flexibility index (Phi) is 3.14. The van der Waals surface area contributed by atoms with E-state index in [2.05, 4.69) is 12.2 Å². The molecular weight excluding hydrogens is 196 g/mol. The second-order valence-corrected chi connectivity index (χ2v) is 5.23. The van der Waals surface area contributed by atoms with Crippen molar-refractivity contribution in [2.24, 2.45) is 23.0 Å². The molecule has 1 amide bonds. The maximum atomic E-state index is 11.5. The monoisotopic (exact) mass is 214 g/mol. The first-order valence-electron chi connectivity index (χ1n) is 4.92. The molecule has 0 bridgehead atoms. The van der Waals surface area contributed by atoms with E-state index in [1.54, 1.807) is 0 Å². The first-order chi connectivity index (χ1) is 6.34. The highest BCUT2D eigenvalue weighted by atomic mass is 32.1. The van der Waals surface area contributed by atoms with Crippen molar-refractivity contribution in [1.29, 1.82) is 0 Å². The van der Waals surface area contributed by atoms with Gasteiger partial charge in [0.25, 0.3) is 0 Å². The first kappa shape index (κ1) is 11.4. The fourth-order valence-electron chi connectivity index (χ4n) is 1.21. The van der Waals surface area contributed by atoms with Gasteiger partial charge in [0, 0.05) is 17.9 Å². The smallest absolute Gasteiger partial charge is 0.223 e. The van der Waals surface area contributed by atoms with E-state index in [4.69, 9.17) is 18.0 Å². The molecule has 0 heterocycles. The standard InChI is InChI=1S/C10H18N2OS/c1-6-4-7(6)8(13)12-5-10(2,3)9(11)14/h6-7H,4-5H2,1-3H3,(H2,11,14)(H,12,13). The lowest BCUT2D eigenvalue weighted by Gasteiger charge is -2.23. The molecule has 80 valence electrons. The molecule has 1 saturated carbocycles.